The number of alkyl halides is 1. The molecule has 11 heteroatoms. The Morgan fingerprint density at radius 2 is 2.05 bits per heavy atom. The van der Waals surface area contributed by atoms with Gasteiger partial charge < -0.3 is 20.2 Å². The van der Waals surface area contributed by atoms with Crippen molar-refractivity contribution in [3.05, 3.63) is 69.1 Å². The number of likely N-dealkylation sites (tertiary alicyclic amines) is 1. The van der Waals surface area contributed by atoms with Crippen LogP contribution in [0.1, 0.15) is 52.1 Å². The lowest BCUT2D eigenvalue weighted by molar-refractivity contribution is -0.147. The third-order valence-electron chi connectivity index (χ3n) is 7.63. The van der Waals surface area contributed by atoms with Gasteiger partial charge in [-0.05, 0) is 73.7 Å². The van der Waals surface area contributed by atoms with E-state index in [1.165, 1.54) is 28.8 Å². The largest absolute Gasteiger partial charge is 0.480 e. The van der Waals surface area contributed by atoms with Crippen LogP contribution >= 0.6 is 35.0 Å². The molecule has 2 N–H and O–H groups in total. The fourth-order valence-electron chi connectivity index (χ4n) is 5.78. The van der Waals surface area contributed by atoms with Crippen molar-refractivity contribution >= 4 is 52.0 Å². The molecule has 0 radical (unpaired) electrons. The molecule has 1 aromatic rings. The lowest BCUT2D eigenvalue weighted by Gasteiger charge is -2.38. The molecule has 5 atom stereocenters. The maximum atomic E-state index is 14.8. The predicted octanol–water partition coefficient (Wildman–Crippen LogP) is 5.64. The van der Waals surface area contributed by atoms with Crippen LogP contribution in [0.4, 0.5) is 4.39 Å². The number of amides is 1. The van der Waals surface area contributed by atoms with Gasteiger partial charge in [0.15, 0.2) is 5.17 Å². The van der Waals surface area contributed by atoms with Crippen LogP contribution in [-0.4, -0.2) is 55.1 Å². The molecule has 1 amide bonds. The van der Waals surface area contributed by atoms with Gasteiger partial charge in [0, 0.05) is 17.9 Å². The summed E-state index contributed by atoms with van der Waals surface area (Å²) in [4.78, 5) is 35.0. The van der Waals surface area contributed by atoms with Gasteiger partial charge in [-0.2, -0.15) is 0 Å². The van der Waals surface area contributed by atoms with Crippen LogP contribution in [0.25, 0.3) is 0 Å². The number of carboxylic acids is 1. The highest BCUT2D eigenvalue weighted by Gasteiger charge is 2.55. The first kappa shape index (κ1) is 27.1. The number of benzene rings is 1. The monoisotopic (exact) mass is 578 g/mol. The van der Waals surface area contributed by atoms with Crippen molar-refractivity contribution < 1.29 is 19.1 Å². The number of rotatable bonds is 5. The van der Waals surface area contributed by atoms with Gasteiger partial charge in [0.25, 0.3) is 5.91 Å². The zero-order valence-corrected chi connectivity index (χ0v) is 23.7. The summed E-state index contributed by atoms with van der Waals surface area (Å²) in [5.74, 6) is -1.95. The van der Waals surface area contributed by atoms with Crippen LogP contribution in [0.5, 0.6) is 0 Å². The summed E-state index contributed by atoms with van der Waals surface area (Å²) in [5, 5.41) is 13.5. The minimum absolute atomic E-state index is 0.0204. The second-order valence-electron chi connectivity index (χ2n) is 10.5. The number of nitrogens with zero attached hydrogens (tertiary/aromatic N) is 3. The molecule has 7 nitrogen and oxygen atoms in total. The van der Waals surface area contributed by atoms with E-state index < -0.39 is 29.4 Å². The van der Waals surface area contributed by atoms with E-state index in [2.05, 4.69) is 5.32 Å². The average molecular weight is 580 g/mol. The van der Waals surface area contributed by atoms with Gasteiger partial charge >= 0.3 is 5.97 Å². The van der Waals surface area contributed by atoms with Crippen LogP contribution in [-0.2, 0) is 9.59 Å². The second kappa shape index (κ2) is 9.92. The number of carbonyl (C=O) groups is 2. The van der Waals surface area contributed by atoms with Gasteiger partial charge in [0.1, 0.15) is 27.8 Å². The maximum absolute atomic E-state index is 14.8. The summed E-state index contributed by atoms with van der Waals surface area (Å²) in [6, 6.07) is 3.18. The van der Waals surface area contributed by atoms with Crippen LogP contribution in [0.2, 0.25) is 5.02 Å². The number of carbonyl (C=O) groups excluding carboxylic acids is 1. The van der Waals surface area contributed by atoms with E-state index in [4.69, 9.17) is 28.2 Å². The average Bonchev–Trinajstić information content (AvgIpc) is 3.50. The SMILES string of the molecule is CC(C)C1=C(C(=O)N2[C@H](C)CC[C@H]2C(=O)O)SC2=N[C@@](C)(C3=CNC(Cl)C=C3)[C@@H](c3ccc(Cl)c(F)c3)N21. The second-order valence-corrected chi connectivity index (χ2v) is 12.3. The Bertz CT molecular complexity index is 1330. The van der Waals surface area contributed by atoms with E-state index in [0.29, 0.717) is 28.5 Å². The fraction of sp³-hybridized carbons (Fsp3) is 0.444. The maximum Gasteiger partial charge on any atom is 0.326 e. The third kappa shape index (κ3) is 4.32. The Labute approximate surface area is 235 Å². The van der Waals surface area contributed by atoms with Crippen molar-refractivity contribution in [2.45, 2.75) is 69.7 Å². The smallest absolute Gasteiger partial charge is 0.326 e. The van der Waals surface area contributed by atoms with E-state index in [9.17, 15) is 19.1 Å². The number of allylic oxidation sites excluding steroid dienone is 1. The van der Waals surface area contributed by atoms with Crippen LogP contribution < -0.4 is 5.32 Å². The molecule has 5 rings (SSSR count). The molecule has 4 heterocycles. The van der Waals surface area contributed by atoms with E-state index in [1.807, 2.05) is 50.9 Å². The van der Waals surface area contributed by atoms with Crippen molar-refractivity contribution in [1.29, 1.82) is 0 Å². The Balaban J connectivity index is 1.64. The zero-order chi connectivity index (χ0) is 27.5. The number of nitrogens with one attached hydrogen (secondary N) is 1. The van der Waals surface area contributed by atoms with Gasteiger partial charge in [-0.25, -0.2) is 14.2 Å². The van der Waals surface area contributed by atoms with Gasteiger partial charge in [-0.3, -0.25) is 4.79 Å². The van der Waals surface area contributed by atoms with Crippen molar-refractivity contribution in [3.63, 3.8) is 0 Å². The molecule has 38 heavy (non-hydrogen) atoms. The zero-order valence-electron chi connectivity index (χ0n) is 21.4. The number of halogens is 3. The molecular formula is C27H29Cl2FN4O3S. The number of aliphatic carboxylic acids is 1. The highest BCUT2D eigenvalue weighted by Crippen LogP contribution is 2.55. The molecule has 1 saturated heterocycles. The number of amidine groups is 1. The molecular weight excluding hydrogens is 550 g/mol. The molecule has 4 aliphatic rings. The summed E-state index contributed by atoms with van der Waals surface area (Å²) in [6.07, 6.45) is 6.61. The minimum atomic E-state index is -1.00. The van der Waals surface area contributed by atoms with Crippen molar-refractivity contribution in [2.24, 2.45) is 10.9 Å². The number of thioether (sulfide) groups is 1. The predicted molar refractivity (Wildman–Crippen MR) is 148 cm³/mol. The molecule has 1 fully saturated rings. The molecule has 0 bridgehead atoms. The summed E-state index contributed by atoms with van der Waals surface area (Å²) < 4.78 is 14.8. The standard InChI is InChI=1S/C27H29Cl2FN4O3S/c1-13(2)21-22(24(35)33-14(3)5-9-19(33)25(36)37)38-26-32-27(4,16-7-10-20(29)31-12-16)23(34(21)26)15-6-8-17(28)18(30)11-15/h6-8,10-14,19-20,23,31H,5,9H2,1-4H3,(H,36,37)/t14-,19+,20?,23-,27+/m1/s1. The Kier molecular flexibility index (Phi) is 7.07. The van der Waals surface area contributed by atoms with E-state index in [-0.39, 0.29) is 28.4 Å². The van der Waals surface area contributed by atoms with E-state index >= 15 is 0 Å². The summed E-state index contributed by atoms with van der Waals surface area (Å²) in [6.45, 7) is 7.83. The molecule has 0 aromatic heterocycles. The highest BCUT2D eigenvalue weighted by atomic mass is 35.5. The fourth-order valence-corrected chi connectivity index (χ4v) is 7.38. The van der Waals surface area contributed by atoms with E-state index in [0.717, 1.165) is 11.3 Å². The Morgan fingerprint density at radius 1 is 1.32 bits per heavy atom. The lowest BCUT2D eigenvalue weighted by Crippen LogP contribution is -2.45. The van der Waals surface area contributed by atoms with Gasteiger partial charge in [0.2, 0.25) is 0 Å². The molecule has 1 aromatic carbocycles. The minimum Gasteiger partial charge on any atom is -0.480 e. The molecule has 4 aliphatic heterocycles. The third-order valence-corrected chi connectivity index (χ3v) is 9.26. The molecule has 0 spiro atoms. The first-order valence-corrected chi connectivity index (χ1v) is 14.2. The quantitative estimate of drug-likeness (QED) is 0.347. The Morgan fingerprint density at radius 3 is 2.66 bits per heavy atom. The lowest BCUT2D eigenvalue weighted by atomic mass is 9.80. The molecule has 202 valence electrons. The first-order valence-electron chi connectivity index (χ1n) is 12.5. The van der Waals surface area contributed by atoms with Crippen molar-refractivity contribution in [3.8, 4) is 0 Å². The van der Waals surface area contributed by atoms with Crippen LogP contribution in [0.15, 0.2) is 57.7 Å². The van der Waals surface area contributed by atoms with Crippen molar-refractivity contribution in [2.75, 3.05) is 0 Å². The van der Waals surface area contributed by atoms with Gasteiger partial charge in [0.05, 0.1) is 11.1 Å². The van der Waals surface area contributed by atoms with Gasteiger partial charge in [-0.15, -0.1) is 0 Å². The Hall–Kier alpha value is -2.49. The summed E-state index contributed by atoms with van der Waals surface area (Å²) in [5.41, 5.74) is 1.06. The number of fused-ring (bicyclic) bond motifs is 1. The van der Waals surface area contributed by atoms with Crippen LogP contribution in [0, 0.1) is 11.7 Å². The first-order chi connectivity index (χ1) is 17.9. The number of dihydropyridines is 1. The number of aliphatic imine (C=N–C) groups is 1. The van der Waals surface area contributed by atoms with Crippen molar-refractivity contribution in [1.82, 2.24) is 15.1 Å². The highest BCUT2D eigenvalue weighted by molar-refractivity contribution is 8.18. The summed E-state index contributed by atoms with van der Waals surface area (Å²) >= 11 is 13.5. The molecule has 0 saturated carbocycles. The van der Waals surface area contributed by atoms with Crippen LogP contribution in [0.3, 0.4) is 0 Å². The summed E-state index contributed by atoms with van der Waals surface area (Å²) in [7, 11) is 0. The normalized spacial score (nSPS) is 30.5. The number of hydrogen-bond acceptors (Lipinski definition) is 6. The van der Waals surface area contributed by atoms with E-state index in [1.54, 1.807) is 6.07 Å². The van der Waals surface area contributed by atoms with Gasteiger partial charge in [-0.1, -0.05) is 49.2 Å². The topological polar surface area (TPSA) is 85.2 Å². The molecule has 1 unspecified atom stereocenters. The molecule has 0 aliphatic carbocycles. The number of hydrogen-bond donors (Lipinski definition) is 2. The number of carboxylic acid groups (broad SMARTS) is 1.